The van der Waals surface area contributed by atoms with E-state index in [0.717, 1.165) is 5.69 Å². The molecule has 2 heteroatoms. The van der Waals surface area contributed by atoms with Crippen LogP contribution in [0.4, 0.5) is 0 Å². The van der Waals surface area contributed by atoms with Gasteiger partial charge >= 0.3 is 0 Å². The molecule has 1 nitrogen and oxygen atoms in total. The van der Waals surface area contributed by atoms with Crippen LogP contribution in [-0.2, 0) is 0 Å². The van der Waals surface area contributed by atoms with Crippen molar-refractivity contribution in [1.82, 2.24) is 4.98 Å². The molecule has 0 saturated heterocycles. The van der Waals surface area contributed by atoms with Gasteiger partial charge in [-0.25, -0.2) is 4.98 Å². The molecule has 0 amide bonds. The van der Waals surface area contributed by atoms with E-state index < -0.39 is 0 Å². The summed E-state index contributed by atoms with van der Waals surface area (Å²) in [6, 6.07) is 0. The number of hydrogen-bond donors (Lipinski definition) is 0. The van der Waals surface area contributed by atoms with Crippen molar-refractivity contribution in [2.24, 2.45) is 0 Å². The minimum atomic E-state index is 1.05. The highest BCUT2D eigenvalue weighted by Gasteiger charge is 1.81. The van der Waals surface area contributed by atoms with Gasteiger partial charge < -0.3 is 0 Å². The molecule has 1 aromatic heterocycles. The van der Waals surface area contributed by atoms with Crippen molar-refractivity contribution in [3.8, 4) is 0 Å². The zero-order chi connectivity index (χ0) is 5.82. The lowest BCUT2D eigenvalue weighted by Crippen LogP contribution is -1.63. The summed E-state index contributed by atoms with van der Waals surface area (Å²) in [4.78, 5) is 4.04. The second kappa shape index (κ2) is 2.62. The Labute approximate surface area is 52.7 Å². The Bertz CT molecular complexity index is 165. The predicted molar refractivity (Wildman–Crippen MR) is 36.8 cm³/mol. The smallest absolute Gasteiger partial charge is 0.0798 e. The van der Waals surface area contributed by atoms with Gasteiger partial charge in [0.05, 0.1) is 11.2 Å². The second-order valence-corrected chi connectivity index (χ2v) is 2.13. The highest BCUT2D eigenvalue weighted by molar-refractivity contribution is 7.07. The lowest BCUT2D eigenvalue weighted by Gasteiger charge is -1.73. The molecule has 1 aromatic rings. The molecule has 0 saturated carbocycles. The molecule has 0 aliphatic heterocycles. The Hall–Kier alpha value is -0.630. The fraction of sp³-hybridized carbons (Fsp3) is 0.167. The van der Waals surface area contributed by atoms with Crippen LogP contribution in [0.5, 0.6) is 0 Å². The molecular weight excluding hydrogens is 118 g/mol. The standard InChI is InChI=1S/C6H7NS/c1-2-3-6-4-8-5-7-6/h2-5H,1H3/b3-2-. The highest BCUT2D eigenvalue weighted by atomic mass is 32.1. The molecule has 0 radical (unpaired) electrons. The molecule has 42 valence electrons. The fourth-order valence-corrected chi connectivity index (χ4v) is 0.997. The lowest BCUT2D eigenvalue weighted by molar-refractivity contribution is 1.38. The molecule has 0 fully saturated rings. The van der Waals surface area contributed by atoms with Crippen molar-refractivity contribution < 1.29 is 0 Å². The molecule has 0 atom stereocenters. The normalized spacial score (nSPS) is 10.6. The Morgan fingerprint density at radius 1 is 1.75 bits per heavy atom. The summed E-state index contributed by atoms with van der Waals surface area (Å²) in [6.07, 6.45) is 3.96. The third-order valence-electron chi connectivity index (χ3n) is 0.789. The third kappa shape index (κ3) is 1.17. The maximum absolute atomic E-state index is 4.04. The summed E-state index contributed by atoms with van der Waals surface area (Å²) >= 11 is 1.62. The predicted octanol–water partition coefficient (Wildman–Crippen LogP) is 2.18. The molecule has 0 N–H and O–H groups in total. The van der Waals surface area contributed by atoms with E-state index in [-0.39, 0.29) is 0 Å². The Balaban J connectivity index is 2.77. The van der Waals surface area contributed by atoms with Crippen LogP contribution < -0.4 is 0 Å². The van der Waals surface area contributed by atoms with Crippen molar-refractivity contribution in [1.29, 1.82) is 0 Å². The molecule has 0 aliphatic rings. The number of rotatable bonds is 1. The molecule has 0 spiro atoms. The van der Waals surface area contributed by atoms with Gasteiger partial charge in [-0.1, -0.05) is 6.08 Å². The van der Waals surface area contributed by atoms with Crippen molar-refractivity contribution in [2.45, 2.75) is 6.92 Å². The zero-order valence-corrected chi connectivity index (χ0v) is 5.48. The van der Waals surface area contributed by atoms with Gasteiger partial charge in [0.1, 0.15) is 0 Å². The monoisotopic (exact) mass is 125 g/mol. The average Bonchev–Trinajstić information content (AvgIpc) is 2.19. The quantitative estimate of drug-likeness (QED) is 0.560. The van der Waals surface area contributed by atoms with Crippen molar-refractivity contribution in [3.63, 3.8) is 0 Å². The van der Waals surface area contributed by atoms with Gasteiger partial charge in [-0.15, -0.1) is 11.3 Å². The molecule has 0 unspecified atom stereocenters. The van der Waals surface area contributed by atoms with Gasteiger partial charge in [0.15, 0.2) is 0 Å². The summed E-state index contributed by atoms with van der Waals surface area (Å²) in [5, 5.41) is 2.01. The first-order valence-corrected chi connectivity index (χ1v) is 3.38. The molecule has 0 aromatic carbocycles. The molecule has 0 aliphatic carbocycles. The van der Waals surface area contributed by atoms with E-state index in [4.69, 9.17) is 0 Å². The zero-order valence-electron chi connectivity index (χ0n) is 4.66. The van der Waals surface area contributed by atoms with Gasteiger partial charge in [-0.05, 0) is 13.0 Å². The minimum absolute atomic E-state index is 1.05. The fourth-order valence-electron chi connectivity index (χ4n) is 0.475. The van der Waals surface area contributed by atoms with E-state index in [1.807, 2.05) is 30.0 Å². The molecular formula is C6H7NS. The first-order chi connectivity index (χ1) is 3.93. The molecule has 1 heterocycles. The Morgan fingerprint density at radius 2 is 2.62 bits per heavy atom. The van der Waals surface area contributed by atoms with Gasteiger partial charge in [0.25, 0.3) is 0 Å². The van der Waals surface area contributed by atoms with Crippen molar-refractivity contribution in [3.05, 3.63) is 22.7 Å². The van der Waals surface area contributed by atoms with Gasteiger partial charge in [-0.3, -0.25) is 0 Å². The molecule has 0 bridgehead atoms. The van der Waals surface area contributed by atoms with E-state index in [2.05, 4.69) is 4.98 Å². The molecule has 8 heavy (non-hydrogen) atoms. The van der Waals surface area contributed by atoms with Gasteiger partial charge in [-0.2, -0.15) is 0 Å². The van der Waals surface area contributed by atoms with Crippen LogP contribution in [-0.4, -0.2) is 4.98 Å². The summed E-state index contributed by atoms with van der Waals surface area (Å²) in [5.74, 6) is 0. The van der Waals surface area contributed by atoms with E-state index in [1.165, 1.54) is 0 Å². The maximum Gasteiger partial charge on any atom is 0.0798 e. The van der Waals surface area contributed by atoms with Crippen molar-refractivity contribution in [2.75, 3.05) is 0 Å². The minimum Gasteiger partial charge on any atom is -0.245 e. The van der Waals surface area contributed by atoms with Crippen LogP contribution in [0.15, 0.2) is 17.0 Å². The number of aromatic nitrogens is 1. The number of hydrogen-bond acceptors (Lipinski definition) is 2. The van der Waals surface area contributed by atoms with E-state index in [9.17, 15) is 0 Å². The summed E-state index contributed by atoms with van der Waals surface area (Å²) in [7, 11) is 0. The largest absolute Gasteiger partial charge is 0.245 e. The van der Waals surface area contributed by atoms with E-state index in [1.54, 1.807) is 11.3 Å². The highest BCUT2D eigenvalue weighted by Crippen LogP contribution is 2.01. The topological polar surface area (TPSA) is 12.9 Å². The van der Waals surface area contributed by atoms with Crippen LogP contribution in [0, 0.1) is 0 Å². The summed E-state index contributed by atoms with van der Waals surface area (Å²) < 4.78 is 0. The SMILES string of the molecule is C/C=C\c1cscn1. The number of thiazole rings is 1. The van der Waals surface area contributed by atoms with Gasteiger partial charge in [0, 0.05) is 5.38 Å². The third-order valence-corrected chi connectivity index (χ3v) is 1.39. The average molecular weight is 125 g/mol. The maximum atomic E-state index is 4.04. The van der Waals surface area contributed by atoms with Crippen LogP contribution in [0.2, 0.25) is 0 Å². The van der Waals surface area contributed by atoms with E-state index in [0.29, 0.717) is 0 Å². The van der Waals surface area contributed by atoms with E-state index >= 15 is 0 Å². The second-order valence-electron chi connectivity index (χ2n) is 1.41. The van der Waals surface area contributed by atoms with Crippen LogP contribution in [0.3, 0.4) is 0 Å². The van der Waals surface area contributed by atoms with Gasteiger partial charge in [0.2, 0.25) is 0 Å². The van der Waals surface area contributed by atoms with Crippen LogP contribution in [0.25, 0.3) is 6.08 Å². The molecule has 1 rings (SSSR count). The Morgan fingerprint density at radius 3 is 3.12 bits per heavy atom. The number of allylic oxidation sites excluding steroid dienone is 1. The first kappa shape index (κ1) is 5.51. The van der Waals surface area contributed by atoms with Crippen LogP contribution >= 0.6 is 11.3 Å². The first-order valence-electron chi connectivity index (χ1n) is 2.44. The van der Waals surface area contributed by atoms with Crippen LogP contribution in [0.1, 0.15) is 12.6 Å². The summed E-state index contributed by atoms with van der Waals surface area (Å²) in [5.41, 5.74) is 2.88. The lowest BCUT2D eigenvalue weighted by atomic mass is 10.4. The summed E-state index contributed by atoms with van der Waals surface area (Å²) in [6.45, 7) is 1.99. The number of nitrogens with zero attached hydrogens (tertiary/aromatic N) is 1. The Kier molecular flexibility index (Phi) is 1.80. The van der Waals surface area contributed by atoms with Crippen molar-refractivity contribution >= 4 is 17.4 Å².